The van der Waals surface area contributed by atoms with E-state index in [1.54, 1.807) is 6.20 Å². The number of hydrogen-bond donors (Lipinski definition) is 1. The fourth-order valence-corrected chi connectivity index (χ4v) is 4.90. The van der Waals surface area contributed by atoms with Crippen LogP contribution in [0.1, 0.15) is 48.7 Å². The van der Waals surface area contributed by atoms with Crippen molar-refractivity contribution in [3.05, 3.63) is 83.1 Å². The number of halogens is 1. The molecule has 0 radical (unpaired) electrons. The third-order valence-corrected chi connectivity index (χ3v) is 6.83. The van der Waals surface area contributed by atoms with E-state index in [-0.39, 0.29) is 5.92 Å². The van der Waals surface area contributed by atoms with Crippen molar-refractivity contribution in [1.82, 2.24) is 14.4 Å². The van der Waals surface area contributed by atoms with Gasteiger partial charge in [-0.3, -0.25) is 9.39 Å². The number of aromatic nitrogens is 3. The normalized spacial score (nSPS) is 21.0. The molecule has 1 atom stereocenters. The molecule has 0 amide bonds. The van der Waals surface area contributed by atoms with Gasteiger partial charge in [0.2, 0.25) is 0 Å². The van der Waals surface area contributed by atoms with Crippen LogP contribution < -0.4 is 5.73 Å². The zero-order chi connectivity index (χ0) is 20.9. The van der Waals surface area contributed by atoms with E-state index in [4.69, 9.17) is 27.3 Å². The fourth-order valence-electron chi connectivity index (χ4n) is 4.61. The summed E-state index contributed by atoms with van der Waals surface area (Å²) in [7, 11) is 0. The maximum atomic E-state index is 6.79. The molecule has 3 aliphatic rings. The molecule has 3 aromatic rings. The minimum Gasteiger partial charge on any atom is -0.382 e. The van der Waals surface area contributed by atoms with Gasteiger partial charge in [-0.05, 0) is 30.9 Å². The molecule has 2 aliphatic carbocycles. The second-order valence-electron chi connectivity index (χ2n) is 8.38. The van der Waals surface area contributed by atoms with Crippen LogP contribution in [0.25, 0.3) is 16.8 Å². The second-order valence-corrected chi connectivity index (χ2v) is 8.79. The number of aliphatic imine (C=N–C) groups is 1. The first-order valence-electron chi connectivity index (χ1n) is 10.8. The lowest BCUT2D eigenvalue weighted by Gasteiger charge is -2.24. The molecule has 31 heavy (non-hydrogen) atoms. The number of hydrogen-bond acceptors (Lipinski definition) is 4. The molecule has 1 saturated carbocycles. The van der Waals surface area contributed by atoms with Gasteiger partial charge in [0.25, 0.3) is 0 Å². The Morgan fingerprint density at radius 3 is 2.74 bits per heavy atom. The second kappa shape index (κ2) is 7.20. The summed E-state index contributed by atoms with van der Waals surface area (Å²) in [5, 5.41) is 0.698. The Morgan fingerprint density at radius 1 is 1.13 bits per heavy atom. The molecule has 1 fully saturated rings. The van der Waals surface area contributed by atoms with Gasteiger partial charge in [0.15, 0.2) is 0 Å². The highest BCUT2D eigenvalue weighted by Crippen LogP contribution is 2.42. The van der Waals surface area contributed by atoms with Crippen molar-refractivity contribution in [2.75, 3.05) is 5.73 Å². The summed E-state index contributed by atoms with van der Waals surface area (Å²) in [6.07, 6.45) is 14.5. The molecule has 6 heteroatoms. The maximum absolute atomic E-state index is 6.79. The molecular formula is C25H22ClN5. The summed E-state index contributed by atoms with van der Waals surface area (Å²) in [5.74, 6) is 2.16. The van der Waals surface area contributed by atoms with Gasteiger partial charge < -0.3 is 5.73 Å². The minimum absolute atomic E-state index is 0.180. The Bertz CT molecular complexity index is 1310. The Balaban J connectivity index is 1.48. The van der Waals surface area contributed by atoms with Crippen LogP contribution >= 0.6 is 11.6 Å². The van der Waals surface area contributed by atoms with Crippen molar-refractivity contribution in [2.24, 2.45) is 10.9 Å². The molecule has 0 spiro atoms. The Kier molecular flexibility index (Phi) is 4.32. The van der Waals surface area contributed by atoms with E-state index in [9.17, 15) is 0 Å². The standard InChI is InChI=1S/C25H22ClN5/c26-19-13-17-9-10-20(15-5-2-1-3-6-15)29-21(17)14-18(19)22-23-24(27)28-11-12-31(23)25(30-22)16-7-4-8-16/h1-3,5-6,10-14,16-17H,4,7-9H2,(H2,27,28). The van der Waals surface area contributed by atoms with E-state index in [1.807, 2.05) is 24.4 Å². The van der Waals surface area contributed by atoms with Gasteiger partial charge >= 0.3 is 0 Å². The highest BCUT2D eigenvalue weighted by molar-refractivity contribution is 6.39. The number of imidazole rings is 1. The van der Waals surface area contributed by atoms with E-state index >= 15 is 0 Å². The molecule has 154 valence electrons. The van der Waals surface area contributed by atoms with Gasteiger partial charge in [0.1, 0.15) is 22.9 Å². The van der Waals surface area contributed by atoms with Crippen molar-refractivity contribution >= 4 is 39.9 Å². The molecule has 1 aromatic carbocycles. The van der Waals surface area contributed by atoms with Gasteiger partial charge in [0, 0.05) is 40.5 Å². The van der Waals surface area contributed by atoms with Crippen LogP contribution in [-0.2, 0) is 0 Å². The highest BCUT2D eigenvalue weighted by atomic mass is 35.5. The average Bonchev–Trinajstić information content (AvgIpc) is 3.12. The zero-order valence-electron chi connectivity index (χ0n) is 17.0. The van der Waals surface area contributed by atoms with Crippen molar-refractivity contribution in [1.29, 1.82) is 0 Å². The zero-order valence-corrected chi connectivity index (χ0v) is 17.8. The number of allylic oxidation sites excluding steroid dienone is 5. The summed E-state index contributed by atoms with van der Waals surface area (Å²) >= 11 is 6.79. The minimum atomic E-state index is 0.180. The van der Waals surface area contributed by atoms with Crippen molar-refractivity contribution < 1.29 is 0 Å². The van der Waals surface area contributed by atoms with Crippen LogP contribution in [0.5, 0.6) is 0 Å². The Hall–Kier alpha value is -3.18. The van der Waals surface area contributed by atoms with Crippen molar-refractivity contribution in [3.63, 3.8) is 0 Å². The van der Waals surface area contributed by atoms with Crippen LogP contribution in [0.2, 0.25) is 0 Å². The molecule has 0 saturated heterocycles. The van der Waals surface area contributed by atoms with E-state index in [2.05, 4.69) is 39.7 Å². The summed E-state index contributed by atoms with van der Waals surface area (Å²) < 4.78 is 2.09. The number of nitrogens with zero attached hydrogens (tertiary/aromatic N) is 4. The number of rotatable bonds is 3. The first kappa shape index (κ1) is 18.6. The first-order valence-corrected chi connectivity index (χ1v) is 11.1. The maximum Gasteiger partial charge on any atom is 0.150 e. The first-order chi connectivity index (χ1) is 15.2. The summed E-state index contributed by atoms with van der Waals surface area (Å²) in [5.41, 5.74) is 11.9. The number of nitrogens with two attached hydrogens (primary N) is 1. The van der Waals surface area contributed by atoms with E-state index in [1.165, 1.54) is 6.42 Å². The van der Waals surface area contributed by atoms with Crippen LogP contribution in [0.15, 0.2) is 71.0 Å². The lowest BCUT2D eigenvalue weighted by Crippen LogP contribution is -2.17. The number of benzene rings is 1. The number of anilines is 1. The van der Waals surface area contributed by atoms with E-state index < -0.39 is 0 Å². The summed E-state index contributed by atoms with van der Waals surface area (Å²) in [6, 6.07) is 10.3. The van der Waals surface area contributed by atoms with Crippen LogP contribution in [0, 0.1) is 5.92 Å². The largest absolute Gasteiger partial charge is 0.382 e. The lowest BCUT2D eigenvalue weighted by molar-refractivity contribution is 0.400. The number of fused-ring (bicyclic) bond motifs is 2. The van der Waals surface area contributed by atoms with Crippen LogP contribution in [-0.4, -0.2) is 20.1 Å². The van der Waals surface area contributed by atoms with Gasteiger partial charge in [-0.25, -0.2) is 9.97 Å². The number of nitrogen functional groups attached to an aromatic ring is 1. The smallest absolute Gasteiger partial charge is 0.150 e. The molecule has 1 aliphatic heterocycles. The lowest BCUT2D eigenvalue weighted by atomic mass is 9.85. The topological polar surface area (TPSA) is 68.6 Å². The van der Waals surface area contributed by atoms with Crippen LogP contribution in [0.4, 0.5) is 5.82 Å². The SMILES string of the molecule is Nc1nccn2c(C3CCC3)nc(C3=CC4=NC(c5ccccc5)=CCC4C=C3Cl)c12. The molecule has 1 unspecified atom stereocenters. The fraction of sp³-hybridized carbons (Fsp3) is 0.240. The van der Waals surface area contributed by atoms with Crippen molar-refractivity contribution in [3.8, 4) is 0 Å². The predicted molar refractivity (Wildman–Crippen MR) is 126 cm³/mol. The van der Waals surface area contributed by atoms with Crippen molar-refractivity contribution in [2.45, 2.75) is 31.6 Å². The molecule has 6 rings (SSSR count). The molecule has 5 nitrogen and oxygen atoms in total. The Morgan fingerprint density at radius 2 is 1.97 bits per heavy atom. The molecular weight excluding hydrogens is 406 g/mol. The highest BCUT2D eigenvalue weighted by Gasteiger charge is 2.30. The molecule has 3 heterocycles. The monoisotopic (exact) mass is 427 g/mol. The van der Waals surface area contributed by atoms with Gasteiger partial charge in [0.05, 0.1) is 5.70 Å². The molecule has 2 N–H and O–H groups in total. The van der Waals surface area contributed by atoms with E-state index in [0.717, 1.165) is 58.8 Å². The van der Waals surface area contributed by atoms with Gasteiger partial charge in [-0.15, -0.1) is 0 Å². The quantitative estimate of drug-likeness (QED) is 0.591. The summed E-state index contributed by atoms with van der Waals surface area (Å²) in [4.78, 5) is 14.3. The molecule has 2 aromatic heterocycles. The average molecular weight is 428 g/mol. The summed E-state index contributed by atoms with van der Waals surface area (Å²) in [6.45, 7) is 0. The van der Waals surface area contributed by atoms with Gasteiger partial charge in [-0.1, -0.05) is 60.5 Å². The van der Waals surface area contributed by atoms with Crippen LogP contribution in [0.3, 0.4) is 0 Å². The third kappa shape index (κ3) is 3.03. The Labute approximate surface area is 185 Å². The third-order valence-electron chi connectivity index (χ3n) is 6.50. The predicted octanol–water partition coefficient (Wildman–Crippen LogP) is 5.60. The van der Waals surface area contributed by atoms with E-state index in [0.29, 0.717) is 16.8 Å². The molecule has 0 bridgehead atoms. The van der Waals surface area contributed by atoms with Gasteiger partial charge in [-0.2, -0.15) is 0 Å².